The van der Waals surface area contributed by atoms with Gasteiger partial charge in [-0.2, -0.15) is 0 Å². The number of carbonyl (C=O) groups is 1. The normalized spacial score (nSPS) is 28.5. The zero-order valence-corrected chi connectivity index (χ0v) is 19.1. The van der Waals surface area contributed by atoms with Gasteiger partial charge >= 0.3 is 0 Å². The van der Waals surface area contributed by atoms with Gasteiger partial charge < -0.3 is 9.80 Å². The van der Waals surface area contributed by atoms with Crippen LogP contribution in [0, 0.1) is 25.7 Å². The van der Waals surface area contributed by atoms with Gasteiger partial charge in [0.1, 0.15) is 11.8 Å². The smallest absolute Gasteiger partial charge is 0.225 e. The van der Waals surface area contributed by atoms with Gasteiger partial charge in [-0.1, -0.05) is 12.1 Å². The maximum Gasteiger partial charge on any atom is 0.225 e. The minimum absolute atomic E-state index is 0.511. The second kappa shape index (κ2) is 7.63. The van der Waals surface area contributed by atoms with Gasteiger partial charge in [-0.05, 0) is 56.0 Å². The van der Waals surface area contributed by atoms with Gasteiger partial charge in [-0.15, -0.1) is 0 Å². The second-order valence-electron chi connectivity index (χ2n) is 9.60. The monoisotopic (exact) mass is 440 g/mol. The van der Waals surface area contributed by atoms with E-state index in [4.69, 9.17) is 15.0 Å². The van der Waals surface area contributed by atoms with E-state index in [0.717, 1.165) is 66.8 Å². The van der Waals surface area contributed by atoms with Crippen molar-refractivity contribution in [3.8, 4) is 0 Å². The quantitative estimate of drug-likeness (QED) is 0.677. The summed E-state index contributed by atoms with van der Waals surface area (Å²) in [6, 6.07) is 8.05. The van der Waals surface area contributed by atoms with Crippen molar-refractivity contribution in [1.29, 1.82) is 0 Å². The largest absolute Gasteiger partial charge is 0.345 e. The third kappa shape index (κ3) is 3.14. The molecule has 2 fully saturated rings. The van der Waals surface area contributed by atoms with Crippen molar-refractivity contribution >= 4 is 12.2 Å². The lowest BCUT2D eigenvalue weighted by Crippen LogP contribution is -2.51. The molecule has 0 amide bonds. The van der Waals surface area contributed by atoms with Crippen molar-refractivity contribution in [3.63, 3.8) is 0 Å². The minimum atomic E-state index is -0.539. The van der Waals surface area contributed by atoms with Crippen molar-refractivity contribution in [3.05, 3.63) is 83.2 Å². The van der Waals surface area contributed by atoms with Crippen LogP contribution in [0.3, 0.4) is 0 Å². The maximum atomic E-state index is 12.5. The Bertz CT molecular complexity index is 1150. The van der Waals surface area contributed by atoms with Gasteiger partial charge in [0.2, 0.25) is 5.95 Å². The molecule has 2 saturated heterocycles. The molecular weight excluding hydrogens is 412 g/mol. The standard InChI is InChI=1S/C26H28N6O/c1-18-11-19(2)29-25(28-18)31-12-20-14-32(15-21(20)13-31)26(24-8-3-5-9-27-24)17-30-10-6-4-7-23(30)22(26)16-33/h3-11,16,20-21H,12-15,17H2,1-2H3/t20-,21+,26?. The van der Waals surface area contributed by atoms with Crippen LogP contribution < -0.4 is 4.90 Å². The van der Waals surface area contributed by atoms with Crippen LogP contribution in [0.25, 0.3) is 0 Å². The molecule has 0 radical (unpaired) electrons. The highest BCUT2D eigenvalue weighted by Crippen LogP contribution is 2.48. The molecule has 6 rings (SSSR count). The van der Waals surface area contributed by atoms with E-state index in [1.165, 1.54) is 0 Å². The van der Waals surface area contributed by atoms with Crippen molar-refractivity contribution in [2.24, 2.45) is 11.8 Å². The summed E-state index contributed by atoms with van der Waals surface area (Å²) in [6.07, 6.45) is 11.0. The molecule has 6 heterocycles. The minimum Gasteiger partial charge on any atom is -0.345 e. The third-order valence-corrected chi connectivity index (χ3v) is 7.55. The molecule has 0 aromatic carbocycles. The number of rotatable bonds is 4. The summed E-state index contributed by atoms with van der Waals surface area (Å²) in [4.78, 5) is 33.7. The highest BCUT2D eigenvalue weighted by atomic mass is 16.1. The first-order chi connectivity index (χ1) is 16.1. The molecule has 7 heteroatoms. The molecule has 0 aliphatic carbocycles. The van der Waals surface area contributed by atoms with Crippen LogP contribution in [0.1, 0.15) is 17.1 Å². The van der Waals surface area contributed by atoms with Crippen LogP contribution in [0.5, 0.6) is 0 Å². The van der Waals surface area contributed by atoms with Crippen LogP contribution in [0.4, 0.5) is 5.95 Å². The number of carbonyl (C=O) groups excluding carboxylic acids is 1. The van der Waals surface area contributed by atoms with Crippen LogP contribution in [-0.4, -0.2) is 63.8 Å². The number of hydrogen-bond acceptors (Lipinski definition) is 7. The number of aromatic nitrogens is 3. The number of pyridine rings is 1. The van der Waals surface area contributed by atoms with E-state index >= 15 is 0 Å². The molecule has 4 aliphatic rings. The van der Waals surface area contributed by atoms with Crippen LogP contribution >= 0.6 is 0 Å². The van der Waals surface area contributed by atoms with E-state index < -0.39 is 5.54 Å². The topological polar surface area (TPSA) is 65.5 Å². The number of hydrogen-bond donors (Lipinski definition) is 0. The summed E-state index contributed by atoms with van der Waals surface area (Å²) in [7, 11) is 0. The first-order valence-electron chi connectivity index (χ1n) is 11.6. The van der Waals surface area contributed by atoms with Crippen molar-refractivity contribution in [1.82, 2.24) is 24.8 Å². The summed E-state index contributed by atoms with van der Waals surface area (Å²) < 4.78 is 0. The number of aryl methyl sites for hydroxylation is 2. The molecule has 0 saturated carbocycles. The Kier molecular flexibility index (Phi) is 4.69. The molecule has 168 valence electrons. The van der Waals surface area contributed by atoms with Crippen LogP contribution in [-0.2, 0) is 10.3 Å². The summed E-state index contributed by atoms with van der Waals surface area (Å²) in [5.74, 6) is 1.87. The number of aldehydes is 1. The fourth-order valence-corrected chi connectivity index (χ4v) is 6.14. The number of likely N-dealkylation sites (tertiary alicyclic amines) is 1. The average molecular weight is 441 g/mol. The number of nitrogens with zero attached hydrogens (tertiary/aromatic N) is 6. The highest BCUT2D eigenvalue weighted by molar-refractivity contribution is 5.81. The molecule has 4 aliphatic heterocycles. The van der Waals surface area contributed by atoms with Gasteiger partial charge in [0.15, 0.2) is 0 Å². The first kappa shape index (κ1) is 20.3. The van der Waals surface area contributed by atoms with Crippen LogP contribution in [0.15, 0.2) is 66.2 Å². The Balaban J connectivity index is 1.33. The molecule has 7 nitrogen and oxygen atoms in total. The molecule has 33 heavy (non-hydrogen) atoms. The Morgan fingerprint density at radius 1 is 1.03 bits per heavy atom. The van der Waals surface area contributed by atoms with E-state index in [9.17, 15) is 4.79 Å². The van der Waals surface area contributed by atoms with Gasteiger partial charge in [-0.25, -0.2) is 9.97 Å². The van der Waals surface area contributed by atoms with Gasteiger partial charge in [0.05, 0.1) is 12.2 Å². The fraction of sp³-hybridized carbons (Fsp3) is 0.385. The Morgan fingerprint density at radius 3 is 2.45 bits per heavy atom. The van der Waals surface area contributed by atoms with E-state index in [1.807, 2.05) is 56.5 Å². The predicted octanol–water partition coefficient (Wildman–Crippen LogP) is 2.60. The van der Waals surface area contributed by atoms with Gasteiger partial charge in [-0.3, -0.25) is 14.7 Å². The SMILES string of the molecule is Cc1cc(C)nc(N2C[C@@H]3CN(C4(c5ccccn5)CN5C=CC=CC5=C4C=O)C[C@@H]3C2)n1. The van der Waals surface area contributed by atoms with E-state index in [0.29, 0.717) is 18.4 Å². The van der Waals surface area contributed by atoms with Gasteiger partial charge in [0, 0.05) is 61.2 Å². The zero-order chi connectivity index (χ0) is 22.6. The van der Waals surface area contributed by atoms with E-state index in [1.54, 1.807) is 0 Å². The third-order valence-electron chi connectivity index (χ3n) is 7.55. The highest BCUT2D eigenvalue weighted by Gasteiger charge is 2.55. The van der Waals surface area contributed by atoms with Gasteiger partial charge in [0.25, 0.3) is 0 Å². The number of fused-ring (bicyclic) bond motifs is 2. The number of anilines is 1. The van der Waals surface area contributed by atoms with Crippen LogP contribution in [0.2, 0.25) is 0 Å². The second-order valence-corrected chi connectivity index (χ2v) is 9.60. The molecule has 0 bridgehead atoms. The first-order valence-corrected chi connectivity index (χ1v) is 11.6. The van der Waals surface area contributed by atoms with E-state index in [-0.39, 0.29) is 0 Å². The van der Waals surface area contributed by atoms with Crippen molar-refractivity contribution in [2.45, 2.75) is 19.4 Å². The lowest BCUT2D eigenvalue weighted by atomic mass is 9.85. The lowest BCUT2D eigenvalue weighted by Gasteiger charge is -2.40. The molecule has 1 unspecified atom stereocenters. The Hall–Kier alpha value is -3.32. The van der Waals surface area contributed by atoms with Crippen molar-refractivity contribution in [2.75, 3.05) is 37.6 Å². The van der Waals surface area contributed by atoms with Crippen molar-refractivity contribution < 1.29 is 4.79 Å². The molecule has 3 atom stereocenters. The average Bonchev–Trinajstić information content (AvgIpc) is 3.49. The summed E-state index contributed by atoms with van der Waals surface area (Å²) in [5.41, 5.74) is 4.23. The zero-order valence-electron chi connectivity index (χ0n) is 19.1. The Labute approximate surface area is 194 Å². The molecule has 2 aromatic heterocycles. The molecule has 0 N–H and O–H groups in total. The fourth-order valence-electron chi connectivity index (χ4n) is 6.14. The lowest BCUT2D eigenvalue weighted by molar-refractivity contribution is -0.106. The number of allylic oxidation sites excluding steroid dienone is 3. The molecule has 2 aromatic rings. The summed E-state index contributed by atoms with van der Waals surface area (Å²) >= 11 is 0. The maximum absolute atomic E-state index is 12.5. The van der Waals surface area contributed by atoms with E-state index in [2.05, 4.69) is 27.0 Å². The Morgan fingerprint density at radius 2 is 1.79 bits per heavy atom. The predicted molar refractivity (Wildman–Crippen MR) is 126 cm³/mol. The summed E-state index contributed by atoms with van der Waals surface area (Å²) in [5, 5.41) is 0. The molecular formula is C26H28N6O. The summed E-state index contributed by atoms with van der Waals surface area (Å²) in [6.45, 7) is 8.50. The molecule has 0 spiro atoms.